The first-order chi connectivity index (χ1) is 7.11. The van der Waals surface area contributed by atoms with Gasteiger partial charge in [0.1, 0.15) is 0 Å². The van der Waals surface area contributed by atoms with Crippen LogP contribution in [0.25, 0.3) is 0 Å². The molecule has 0 aromatic heterocycles. The number of aliphatic hydroxyl groups is 1. The monoisotopic (exact) mass is 208 g/mol. The van der Waals surface area contributed by atoms with E-state index in [0.29, 0.717) is 6.54 Å². The minimum Gasteiger partial charge on any atom is -0.395 e. The molecular formula is C12H20N2O. The third kappa shape index (κ3) is 4.42. The van der Waals surface area contributed by atoms with Crippen LogP contribution in [0.4, 0.5) is 0 Å². The van der Waals surface area contributed by atoms with E-state index in [1.165, 1.54) is 11.1 Å². The molecule has 1 rings (SSSR count). The molecule has 3 N–H and O–H groups in total. The summed E-state index contributed by atoms with van der Waals surface area (Å²) in [5.41, 5.74) is 8.22. The molecule has 3 nitrogen and oxygen atoms in total. The molecule has 0 amide bonds. The van der Waals surface area contributed by atoms with Crippen LogP contribution in [0.3, 0.4) is 0 Å². The first-order valence-corrected chi connectivity index (χ1v) is 5.22. The molecule has 0 fully saturated rings. The van der Waals surface area contributed by atoms with Crippen molar-refractivity contribution < 1.29 is 5.11 Å². The molecule has 1 aromatic rings. The molecular weight excluding hydrogens is 188 g/mol. The van der Waals surface area contributed by atoms with Crippen LogP contribution in [0.2, 0.25) is 0 Å². The van der Waals surface area contributed by atoms with Crippen molar-refractivity contribution in [1.82, 2.24) is 4.90 Å². The summed E-state index contributed by atoms with van der Waals surface area (Å²) in [6.45, 7) is 3.71. The van der Waals surface area contributed by atoms with Gasteiger partial charge in [-0.1, -0.05) is 29.8 Å². The second-order valence-electron chi connectivity index (χ2n) is 4.13. The highest BCUT2D eigenvalue weighted by atomic mass is 16.3. The third-order valence-electron chi connectivity index (χ3n) is 2.32. The van der Waals surface area contributed by atoms with Gasteiger partial charge in [-0.05, 0) is 19.5 Å². The average Bonchev–Trinajstić information content (AvgIpc) is 2.17. The maximum absolute atomic E-state index is 8.84. The Morgan fingerprint density at radius 3 is 2.80 bits per heavy atom. The highest BCUT2D eigenvalue weighted by molar-refractivity contribution is 5.21. The number of nitrogens with two attached hydrogens (primary N) is 1. The Labute approximate surface area is 91.5 Å². The van der Waals surface area contributed by atoms with Crippen LogP contribution >= 0.6 is 0 Å². The van der Waals surface area contributed by atoms with Crippen LogP contribution in [0.15, 0.2) is 24.3 Å². The lowest BCUT2D eigenvalue weighted by Gasteiger charge is -2.20. The SMILES string of the molecule is Cc1cccc(CN(C)CC(N)CO)c1. The van der Waals surface area contributed by atoms with E-state index in [1.54, 1.807) is 0 Å². The Morgan fingerprint density at radius 1 is 1.47 bits per heavy atom. The number of hydrogen-bond donors (Lipinski definition) is 2. The van der Waals surface area contributed by atoms with Gasteiger partial charge in [-0.25, -0.2) is 0 Å². The zero-order valence-electron chi connectivity index (χ0n) is 9.48. The van der Waals surface area contributed by atoms with E-state index < -0.39 is 0 Å². The molecule has 0 bridgehead atoms. The lowest BCUT2D eigenvalue weighted by molar-refractivity contribution is 0.218. The topological polar surface area (TPSA) is 49.5 Å². The minimum absolute atomic E-state index is 0.0398. The first-order valence-electron chi connectivity index (χ1n) is 5.22. The van der Waals surface area contributed by atoms with E-state index in [-0.39, 0.29) is 12.6 Å². The molecule has 0 spiro atoms. The second kappa shape index (κ2) is 5.85. The molecule has 0 saturated heterocycles. The van der Waals surface area contributed by atoms with Crippen molar-refractivity contribution in [2.45, 2.75) is 19.5 Å². The fourth-order valence-electron chi connectivity index (χ4n) is 1.64. The van der Waals surface area contributed by atoms with Crippen LogP contribution < -0.4 is 5.73 Å². The fraction of sp³-hybridized carbons (Fsp3) is 0.500. The first kappa shape index (κ1) is 12.2. The Kier molecular flexibility index (Phi) is 4.75. The summed E-state index contributed by atoms with van der Waals surface area (Å²) in [7, 11) is 2.01. The van der Waals surface area contributed by atoms with Crippen molar-refractivity contribution in [3.63, 3.8) is 0 Å². The molecule has 84 valence electrons. The summed E-state index contributed by atoms with van der Waals surface area (Å²) in [5.74, 6) is 0. The van der Waals surface area contributed by atoms with Crippen LogP contribution in [0.1, 0.15) is 11.1 Å². The summed E-state index contributed by atoms with van der Waals surface area (Å²) >= 11 is 0. The van der Waals surface area contributed by atoms with E-state index in [1.807, 2.05) is 7.05 Å². The zero-order valence-corrected chi connectivity index (χ0v) is 9.48. The molecule has 3 heteroatoms. The second-order valence-corrected chi connectivity index (χ2v) is 4.13. The summed E-state index contributed by atoms with van der Waals surface area (Å²) in [6, 6.07) is 8.27. The van der Waals surface area contributed by atoms with Crippen molar-refractivity contribution in [3.05, 3.63) is 35.4 Å². The summed E-state index contributed by atoms with van der Waals surface area (Å²) in [4.78, 5) is 2.12. The largest absolute Gasteiger partial charge is 0.395 e. The van der Waals surface area contributed by atoms with Gasteiger partial charge in [0.15, 0.2) is 0 Å². The van der Waals surface area contributed by atoms with E-state index in [9.17, 15) is 0 Å². The third-order valence-corrected chi connectivity index (χ3v) is 2.32. The fourth-order valence-corrected chi connectivity index (χ4v) is 1.64. The predicted molar refractivity (Wildman–Crippen MR) is 62.6 cm³/mol. The molecule has 1 atom stereocenters. The molecule has 1 aromatic carbocycles. The molecule has 0 radical (unpaired) electrons. The van der Waals surface area contributed by atoms with E-state index in [0.717, 1.165) is 6.54 Å². The van der Waals surface area contributed by atoms with Gasteiger partial charge in [0, 0.05) is 19.1 Å². The molecule has 0 aliphatic carbocycles. The van der Waals surface area contributed by atoms with Crippen LogP contribution in [0, 0.1) is 6.92 Å². The van der Waals surface area contributed by atoms with Gasteiger partial charge in [0.05, 0.1) is 6.61 Å². The van der Waals surface area contributed by atoms with Crippen molar-refractivity contribution in [3.8, 4) is 0 Å². The van der Waals surface area contributed by atoms with E-state index in [2.05, 4.69) is 36.1 Å². The maximum Gasteiger partial charge on any atom is 0.0595 e. The van der Waals surface area contributed by atoms with Gasteiger partial charge in [-0.15, -0.1) is 0 Å². The minimum atomic E-state index is -0.153. The van der Waals surface area contributed by atoms with Crippen LogP contribution in [-0.2, 0) is 6.54 Å². The number of aryl methyl sites for hydroxylation is 1. The summed E-state index contributed by atoms with van der Waals surface area (Å²) < 4.78 is 0. The van der Waals surface area contributed by atoms with Gasteiger partial charge in [-0.2, -0.15) is 0 Å². The van der Waals surface area contributed by atoms with Crippen molar-refractivity contribution in [2.24, 2.45) is 5.73 Å². The number of aliphatic hydroxyl groups excluding tert-OH is 1. The van der Waals surface area contributed by atoms with Crippen molar-refractivity contribution >= 4 is 0 Å². The highest BCUT2D eigenvalue weighted by Gasteiger charge is 2.05. The van der Waals surface area contributed by atoms with Crippen molar-refractivity contribution in [1.29, 1.82) is 0 Å². The summed E-state index contributed by atoms with van der Waals surface area (Å²) in [5, 5.41) is 8.84. The van der Waals surface area contributed by atoms with Crippen molar-refractivity contribution in [2.75, 3.05) is 20.2 Å². The summed E-state index contributed by atoms with van der Waals surface area (Å²) in [6.07, 6.45) is 0. The predicted octanol–water partition coefficient (Wildman–Crippen LogP) is 0.746. The molecule has 0 aliphatic heterocycles. The Hall–Kier alpha value is -0.900. The standard InChI is InChI=1S/C12H20N2O/c1-10-4-3-5-11(6-10)7-14(2)8-12(13)9-15/h3-6,12,15H,7-9,13H2,1-2H3. The Bertz CT molecular complexity index is 301. The normalized spacial score (nSPS) is 13.1. The van der Waals surface area contributed by atoms with Crippen LogP contribution in [0.5, 0.6) is 0 Å². The molecule has 0 saturated carbocycles. The molecule has 15 heavy (non-hydrogen) atoms. The number of likely N-dealkylation sites (N-methyl/N-ethyl adjacent to an activating group) is 1. The number of rotatable bonds is 5. The maximum atomic E-state index is 8.84. The molecule has 0 heterocycles. The zero-order chi connectivity index (χ0) is 11.3. The number of hydrogen-bond acceptors (Lipinski definition) is 3. The van der Waals surface area contributed by atoms with E-state index in [4.69, 9.17) is 10.8 Å². The molecule has 1 unspecified atom stereocenters. The smallest absolute Gasteiger partial charge is 0.0595 e. The number of benzene rings is 1. The molecule has 0 aliphatic rings. The Balaban J connectivity index is 2.47. The Morgan fingerprint density at radius 2 is 2.20 bits per heavy atom. The van der Waals surface area contributed by atoms with Gasteiger partial charge >= 0.3 is 0 Å². The van der Waals surface area contributed by atoms with Gasteiger partial charge in [-0.3, -0.25) is 0 Å². The lowest BCUT2D eigenvalue weighted by Crippen LogP contribution is -2.37. The quantitative estimate of drug-likeness (QED) is 0.750. The van der Waals surface area contributed by atoms with Crippen LogP contribution in [-0.4, -0.2) is 36.2 Å². The lowest BCUT2D eigenvalue weighted by atomic mass is 10.1. The van der Waals surface area contributed by atoms with Gasteiger partial charge in [0.2, 0.25) is 0 Å². The number of nitrogens with zero attached hydrogens (tertiary/aromatic N) is 1. The van der Waals surface area contributed by atoms with Gasteiger partial charge < -0.3 is 15.7 Å². The highest BCUT2D eigenvalue weighted by Crippen LogP contribution is 2.06. The van der Waals surface area contributed by atoms with E-state index >= 15 is 0 Å². The average molecular weight is 208 g/mol. The van der Waals surface area contributed by atoms with Gasteiger partial charge in [0.25, 0.3) is 0 Å².